The molecule has 1 rings (SSSR count). The van der Waals surface area contributed by atoms with Crippen LogP contribution in [0.2, 0.25) is 0 Å². The zero-order chi connectivity index (χ0) is 8.27. The van der Waals surface area contributed by atoms with Crippen molar-refractivity contribution in [2.45, 2.75) is 6.29 Å². The summed E-state index contributed by atoms with van der Waals surface area (Å²) in [6, 6.07) is 0. The average molecular weight is 160 g/mol. The predicted octanol–water partition coefficient (Wildman–Crippen LogP) is -1.46. The molecular weight excluding hydrogens is 144 g/mol. The van der Waals surface area contributed by atoms with Gasteiger partial charge in [-0.25, -0.2) is 0 Å². The third kappa shape index (κ3) is 3.16. The van der Waals surface area contributed by atoms with Gasteiger partial charge < -0.3 is 15.1 Å². The minimum Gasteiger partial charge on any atom is -0.367 e. The van der Waals surface area contributed by atoms with Crippen LogP contribution in [0.25, 0.3) is 0 Å². The number of rotatable bonds is 2. The van der Waals surface area contributed by atoms with Gasteiger partial charge in [-0.05, 0) is 7.05 Å². The summed E-state index contributed by atoms with van der Waals surface area (Å²) in [4.78, 5) is 4.30. The van der Waals surface area contributed by atoms with Gasteiger partial charge in [0.1, 0.15) is 0 Å². The van der Waals surface area contributed by atoms with Gasteiger partial charge in [-0.1, -0.05) is 0 Å². The highest BCUT2D eigenvalue weighted by Gasteiger charge is 2.14. The van der Waals surface area contributed by atoms with Crippen molar-refractivity contribution in [3.63, 3.8) is 0 Å². The van der Waals surface area contributed by atoms with Gasteiger partial charge in [0.2, 0.25) is 0 Å². The second-order valence-electron chi connectivity index (χ2n) is 3.08. The fourth-order valence-electron chi connectivity index (χ4n) is 1.26. The lowest BCUT2D eigenvalue weighted by Crippen LogP contribution is -2.46. The van der Waals surface area contributed by atoms with E-state index in [9.17, 15) is 0 Å². The molecule has 2 N–H and O–H groups in total. The molecule has 1 aliphatic rings. The molecule has 0 amide bonds. The molecule has 1 heterocycles. The Labute approximate surface area is 67.0 Å². The maximum atomic E-state index is 8.67. The molecule has 0 aromatic rings. The normalized spacial score (nSPS) is 22.9. The topological polar surface area (TPSA) is 46.9 Å². The molecule has 4 nitrogen and oxygen atoms in total. The highest BCUT2D eigenvalue weighted by molar-refractivity contribution is 4.69. The summed E-state index contributed by atoms with van der Waals surface area (Å²) >= 11 is 0. The van der Waals surface area contributed by atoms with E-state index in [0.29, 0.717) is 6.54 Å². The van der Waals surface area contributed by atoms with E-state index in [1.807, 2.05) is 0 Å². The number of nitrogens with zero attached hydrogens (tertiary/aromatic N) is 2. The van der Waals surface area contributed by atoms with Gasteiger partial charge >= 0.3 is 0 Å². The van der Waals surface area contributed by atoms with Crippen LogP contribution in [-0.4, -0.2) is 66.1 Å². The smallest absolute Gasteiger partial charge is 0.164 e. The van der Waals surface area contributed by atoms with Crippen LogP contribution in [0.15, 0.2) is 0 Å². The fourth-order valence-corrected chi connectivity index (χ4v) is 1.26. The summed E-state index contributed by atoms with van der Waals surface area (Å²) in [6.07, 6.45) is -1.18. The second kappa shape index (κ2) is 4.01. The summed E-state index contributed by atoms with van der Waals surface area (Å²) in [5.41, 5.74) is 0. The lowest BCUT2D eigenvalue weighted by Gasteiger charge is -2.32. The summed E-state index contributed by atoms with van der Waals surface area (Å²) in [7, 11) is 2.08. The Balaban J connectivity index is 2.17. The molecule has 66 valence electrons. The maximum Gasteiger partial charge on any atom is 0.164 e. The van der Waals surface area contributed by atoms with Crippen molar-refractivity contribution >= 4 is 0 Å². The maximum absolute atomic E-state index is 8.67. The molecular formula is C7H16N2O2. The molecule has 0 aromatic carbocycles. The summed E-state index contributed by atoms with van der Waals surface area (Å²) < 4.78 is 0. The number of aliphatic hydroxyl groups excluding tert-OH is 1. The zero-order valence-corrected chi connectivity index (χ0v) is 6.90. The van der Waals surface area contributed by atoms with Crippen LogP contribution in [0, 0.1) is 0 Å². The molecule has 0 bridgehead atoms. The SMILES string of the molecule is CN1CCN(CC(O)O)CC1. The lowest BCUT2D eigenvalue weighted by atomic mass is 10.3. The minimum atomic E-state index is -1.18. The van der Waals surface area contributed by atoms with Crippen LogP contribution in [-0.2, 0) is 0 Å². The molecule has 0 spiro atoms. The number of piperazine rings is 1. The van der Waals surface area contributed by atoms with Gasteiger partial charge in [0.15, 0.2) is 6.29 Å². The van der Waals surface area contributed by atoms with Gasteiger partial charge in [-0.15, -0.1) is 0 Å². The number of hydrogen-bond donors (Lipinski definition) is 2. The predicted molar refractivity (Wildman–Crippen MR) is 42.2 cm³/mol. The van der Waals surface area contributed by atoms with Crippen LogP contribution in [0.3, 0.4) is 0 Å². The molecule has 0 unspecified atom stereocenters. The van der Waals surface area contributed by atoms with Crippen LogP contribution in [0.5, 0.6) is 0 Å². The van der Waals surface area contributed by atoms with Crippen molar-refractivity contribution in [3.05, 3.63) is 0 Å². The first kappa shape index (κ1) is 8.93. The Morgan fingerprint density at radius 1 is 1.18 bits per heavy atom. The van der Waals surface area contributed by atoms with Gasteiger partial charge in [0, 0.05) is 32.7 Å². The Hall–Kier alpha value is -0.160. The number of β-amino-alcohol motifs (C(OH)–C–C–N with tert-alkyl or cyclic N) is 2. The van der Waals surface area contributed by atoms with Crippen molar-refractivity contribution in [2.24, 2.45) is 0 Å². The molecule has 0 saturated carbocycles. The third-order valence-corrected chi connectivity index (χ3v) is 2.02. The van der Waals surface area contributed by atoms with E-state index in [1.165, 1.54) is 0 Å². The van der Waals surface area contributed by atoms with Gasteiger partial charge in [-0.2, -0.15) is 0 Å². The third-order valence-electron chi connectivity index (χ3n) is 2.02. The van der Waals surface area contributed by atoms with E-state index in [-0.39, 0.29) is 0 Å². The quantitative estimate of drug-likeness (QED) is 0.485. The molecule has 0 atom stereocenters. The van der Waals surface area contributed by atoms with E-state index < -0.39 is 6.29 Å². The van der Waals surface area contributed by atoms with Gasteiger partial charge in [0.05, 0.1) is 0 Å². The van der Waals surface area contributed by atoms with Crippen LogP contribution >= 0.6 is 0 Å². The van der Waals surface area contributed by atoms with Crippen LogP contribution in [0.4, 0.5) is 0 Å². The molecule has 1 fully saturated rings. The summed E-state index contributed by atoms with van der Waals surface area (Å²) in [6.45, 7) is 4.30. The Kier molecular flexibility index (Phi) is 3.26. The van der Waals surface area contributed by atoms with Crippen molar-refractivity contribution in [1.29, 1.82) is 0 Å². The number of hydrogen-bond acceptors (Lipinski definition) is 4. The van der Waals surface area contributed by atoms with E-state index in [0.717, 1.165) is 26.2 Å². The molecule has 4 heteroatoms. The molecule has 1 aliphatic heterocycles. The molecule has 11 heavy (non-hydrogen) atoms. The highest BCUT2D eigenvalue weighted by atomic mass is 16.5. The van der Waals surface area contributed by atoms with E-state index >= 15 is 0 Å². The average Bonchev–Trinajstić information content (AvgIpc) is 1.93. The summed E-state index contributed by atoms with van der Waals surface area (Å²) in [5.74, 6) is 0. The van der Waals surface area contributed by atoms with E-state index in [4.69, 9.17) is 10.2 Å². The first-order valence-electron chi connectivity index (χ1n) is 3.95. The Morgan fingerprint density at radius 2 is 1.73 bits per heavy atom. The zero-order valence-electron chi connectivity index (χ0n) is 6.90. The Morgan fingerprint density at radius 3 is 2.18 bits per heavy atom. The minimum absolute atomic E-state index is 0.383. The Bertz CT molecular complexity index is 111. The van der Waals surface area contributed by atoms with Gasteiger partial charge in [0.25, 0.3) is 0 Å². The first-order chi connectivity index (χ1) is 5.18. The van der Waals surface area contributed by atoms with Crippen LogP contribution < -0.4 is 0 Å². The van der Waals surface area contributed by atoms with Crippen molar-refractivity contribution in [1.82, 2.24) is 9.80 Å². The second-order valence-corrected chi connectivity index (χ2v) is 3.08. The summed E-state index contributed by atoms with van der Waals surface area (Å²) in [5, 5.41) is 17.3. The largest absolute Gasteiger partial charge is 0.367 e. The lowest BCUT2D eigenvalue weighted by molar-refractivity contribution is -0.0663. The van der Waals surface area contributed by atoms with Crippen molar-refractivity contribution in [3.8, 4) is 0 Å². The monoisotopic (exact) mass is 160 g/mol. The van der Waals surface area contributed by atoms with Gasteiger partial charge in [-0.3, -0.25) is 4.90 Å². The first-order valence-corrected chi connectivity index (χ1v) is 3.95. The molecule has 0 aromatic heterocycles. The fraction of sp³-hybridized carbons (Fsp3) is 1.00. The molecule has 0 radical (unpaired) electrons. The molecule has 1 saturated heterocycles. The van der Waals surface area contributed by atoms with Crippen LogP contribution in [0.1, 0.15) is 0 Å². The number of aliphatic hydroxyl groups is 2. The van der Waals surface area contributed by atoms with E-state index in [2.05, 4.69) is 16.8 Å². The van der Waals surface area contributed by atoms with E-state index in [1.54, 1.807) is 0 Å². The highest BCUT2D eigenvalue weighted by Crippen LogP contribution is 1.98. The standard InChI is InChI=1S/C7H16N2O2/c1-8-2-4-9(5-3-8)6-7(10)11/h7,10-11H,2-6H2,1H3. The van der Waals surface area contributed by atoms with Crippen molar-refractivity contribution in [2.75, 3.05) is 39.8 Å². The molecule has 0 aliphatic carbocycles. The van der Waals surface area contributed by atoms with Crippen molar-refractivity contribution < 1.29 is 10.2 Å². The number of likely N-dealkylation sites (N-methyl/N-ethyl adjacent to an activating group) is 1.